The van der Waals surface area contributed by atoms with Crippen LogP contribution in [-0.4, -0.2) is 11.6 Å². The summed E-state index contributed by atoms with van der Waals surface area (Å²) in [7, 11) is 0. The number of anilines is 2. The molecule has 0 aliphatic carbocycles. The number of pyridine rings is 1. The molecular weight excluding hydrogens is 202 g/mol. The van der Waals surface area contributed by atoms with E-state index in [1.54, 1.807) is 6.20 Å². The zero-order valence-electron chi connectivity index (χ0n) is 9.23. The van der Waals surface area contributed by atoms with E-state index in [4.69, 9.17) is 16.2 Å². The normalized spacial score (nSPS) is 10.6. The van der Waals surface area contributed by atoms with Crippen LogP contribution in [0.15, 0.2) is 24.4 Å². The van der Waals surface area contributed by atoms with E-state index < -0.39 is 0 Å². The van der Waals surface area contributed by atoms with Gasteiger partial charge in [-0.3, -0.25) is 4.98 Å². The van der Waals surface area contributed by atoms with E-state index in [2.05, 4.69) is 11.9 Å². The second kappa shape index (κ2) is 4.26. The topological polar surface area (TPSA) is 74.2 Å². The van der Waals surface area contributed by atoms with E-state index in [0.29, 0.717) is 18.0 Å². The molecule has 1 aromatic heterocycles. The third-order valence-electron chi connectivity index (χ3n) is 2.39. The third-order valence-corrected chi connectivity index (χ3v) is 2.39. The van der Waals surface area contributed by atoms with Crippen LogP contribution in [0, 0.1) is 0 Å². The zero-order chi connectivity index (χ0) is 11.5. The van der Waals surface area contributed by atoms with Crippen LogP contribution in [0.25, 0.3) is 10.9 Å². The van der Waals surface area contributed by atoms with Crippen molar-refractivity contribution in [3.8, 4) is 5.75 Å². The number of fused-ring (bicyclic) bond motifs is 1. The van der Waals surface area contributed by atoms with Crippen molar-refractivity contribution in [1.82, 2.24) is 4.98 Å². The highest BCUT2D eigenvalue weighted by molar-refractivity contribution is 5.98. The lowest BCUT2D eigenvalue weighted by Gasteiger charge is -2.09. The van der Waals surface area contributed by atoms with Gasteiger partial charge in [-0.2, -0.15) is 0 Å². The summed E-state index contributed by atoms with van der Waals surface area (Å²) in [6.07, 6.45) is 2.53. The second-order valence-electron chi connectivity index (χ2n) is 3.63. The quantitative estimate of drug-likeness (QED) is 0.826. The smallest absolute Gasteiger partial charge is 0.145 e. The number of para-hydroxylation sites is 1. The largest absolute Gasteiger partial charge is 0.491 e. The van der Waals surface area contributed by atoms with E-state index in [1.165, 1.54) is 0 Å². The van der Waals surface area contributed by atoms with Gasteiger partial charge in [0.1, 0.15) is 11.3 Å². The van der Waals surface area contributed by atoms with Gasteiger partial charge in [0.15, 0.2) is 0 Å². The molecule has 0 amide bonds. The van der Waals surface area contributed by atoms with Gasteiger partial charge in [-0.1, -0.05) is 19.1 Å². The standard InChI is InChI=1S/C12H15N3O/c1-2-6-16-10-5-3-4-8-11(14)9(13)7-15-12(8)10/h3-5,7H,2,6,13H2,1H3,(H2,14,15). The van der Waals surface area contributed by atoms with Crippen molar-refractivity contribution in [3.63, 3.8) is 0 Å². The molecule has 2 rings (SSSR count). The highest BCUT2D eigenvalue weighted by Crippen LogP contribution is 2.30. The molecule has 2 aromatic rings. The highest BCUT2D eigenvalue weighted by Gasteiger charge is 2.07. The van der Waals surface area contributed by atoms with Crippen molar-refractivity contribution in [2.75, 3.05) is 18.1 Å². The monoisotopic (exact) mass is 217 g/mol. The summed E-state index contributed by atoms with van der Waals surface area (Å²) in [6, 6.07) is 5.68. The summed E-state index contributed by atoms with van der Waals surface area (Å²) < 4.78 is 5.60. The number of aromatic nitrogens is 1. The van der Waals surface area contributed by atoms with Gasteiger partial charge in [0.25, 0.3) is 0 Å². The molecule has 0 aliphatic rings. The molecule has 1 aromatic carbocycles. The lowest BCUT2D eigenvalue weighted by Crippen LogP contribution is -2.00. The number of ether oxygens (including phenoxy) is 1. The van der Waals surface area contributed by atoms with Crippen LogP contribution in [-0.2, 0) is 0 Å². The maximum atomic E-state index is 5.90. The van der Waals surface area contributed by atoms with Gasteiger partial charge in [0, 0.05) is 5.39 Å². The first kappa shape index (κ1) is 10.5. The molecular formula is C12H15N3O. The predicted octanol–water partition coefficient (Wildman–Crippen LogP) is 2.19. The molecule has 4 heteroatoms. The van der Waals surface area contributed by atoms with Gasteiger partial charge < -0.3 is 16.2 Å². The first-order chi connectivity index (χ1) is 7.74. The second-order valence-corrected chi connectivity index (χ2v) is 3.63. The lowest BCUT2D eigenvalue weighted by atomic mass is 10.1. The Balaban J connectivity index is 2.56. The third kappa shape index (κ3) is 1.74. The van der Waals surface area contributed by atoms with Crippen LogP contribution >= 0.6 is 0 Å². The van der Waals surface area contributed by atoms with Crippen LogP contribution in [0.5, 0.6) is 5.75 Å². The molecule has 16 heavy (non-hydrogen) atoms. The number of nitrogen functional groups attached to an aromatic ring is 2. The van der Waals surface area contributed by atoms with Gasteiger partial charge in [-0.25, -0.2) is 0 Å². The van der Waals surface area contributed by atoms with E-state index >= 15 is 0 Å². The number of rotatable bonds is 3. The molecule has 0 fully saturated rings. The van der Waals surface area contributed by atoms with Crippen LogP contribution in [0.1, 0.15) is 13.3 Å². The summed E-state index contributed by atoms with van der Waals surface area (Å²) in [4.78, 5) is 4.26. The minimum atomic E-state index is 0.500. The van der Waals surface area contributed by atoms with Crippen molar-refractivity contribution in [2.24, 2.45) is 0 Å². The molecule has 0 radical (unpaired) electrons. The molecule has 0 saturated heterocycles. The van der Waals surface area contributed by atoms with Gasteiger partial charge in [0.2, 0.25) is 0 Å². The van der Waals surface area contributed by atoms with E-state index in [-0.39, 0.29) is 0 Å². The molecule has 84 valence electrons. The van der Waals surface area contributed by atoms with Crippen LogP contribution in [0.3, 0.4) is 0 Å². The number of nitrogens with two attached hydrogens (primary N) is 2. The van der Waals surface area contributed by atoms with Gasteiger partial charge in [-0.05, 0) is 12.5 Å². The molecule has 0 unspecified atom stereocenters. The maximum absolute atomic E-state index is 5.90. The summed E-state index contributed by atoms with van der Waals surface area (Å²) in [5.41, 5.74) is 13.4. The van der Waals surface area contributed by atoms with Gasteiger partial charge >= 0.3 is 0 Å². The Morgan fingerprint density at radius 1 is 1.31 bits per heavy atom. The highest BCUT2D eigenvalue weighted by atomic mass is 16.5. The predicted molar refractivity (Wildman–Crippen MR) is 66.4 cm³/mol. The fraction of sp³-hybridized carbons (Fsp3) is 0.250. The average molecular weight is 217 g/mol. The van der Waals surface area contributed by atoms with Crippen LogP contribution < -0.4 is 16.2 Å². The fourth-order valence-electron chi connectivity index (χ4n) is 1.56. The average Bonchev–Trinajstić information content (AvgIpc) is 2.31. The minimum absolute atomic E-state index is 0.500. The molecule has 4 N–H and O–H groups in total. The molecule has 0 spiro atoms. The molecule has 0 saturated carbocycles. The van der Waals surface area contributed by atoms with Crippen LogP contribution in [0.2, 0.25) is 0 Å². The summed E-state index contributed by atoms with van der Waals surface area (Å²) >= 11 is 0. The molecule has 0 atom stereocenters. The Kier molecular flexibility index (Phi) is 2.81. The fourth-order valence-corrected chi connectivity index (χ4v) is 1.56. The number of benzene rings is 1. The SMILES string of the molecule is CCCOc1cccc2c(N)c(N)cnc12. The van der Waals surface area contributed by atoms with E-state index in [9.17, 15) is 0 Å². The zero-order valence-corrected chi connectivity index (χ0v) is 9.23. The Hall–Kier alpha value is -1.97. The van der Waals surface area contributed by atoms with Crippen molar-refractivity contribution >= 4 is 22.3 Å². The first-order valence-corrected chi connectivity index (χ1v) is 5.29. The first-order valence-electron chi connectivity index (χ1n) is 5.29. The number of hydrogen-bond donors (Lipinski definition) is 2. The van der Waals surface area contributed by atoms with Crippen molar-refractivity contribution in [2.45, 2.75) is 13.3 Å². The van der Waals surface area contributed by atoms with Gasteiger partial charge in [0.05, 0.1) is 24.2 Å². The maximum Gasteiger partial charge on any atom is 0.145 e. The Morgan fingerprint density at radius 3 is 2.88 bits per heavy atom. The Labute approximate surface area is 94.2 Å². The Bertz CT molecular complexity index is 511. The summed E-state index contributed by atoms with van der Waals surface area (Å²) in [5, 5.41) is 0.841. The van der Waals surface area contributed by atoms with Crippen molar-refractivity contribution < 1.29 is 4.74 Å². The minimum Gasteiger partial charge on any atom is -0.491 e. The van der Waals surface area contributed by atoms with Crippen molar-refractivity contribution in [3.05, 3.63) is 24.4 Å². The number of nitrogens with zero attached hydrogens (tertiary/aromatic N) is 1. The summed E-state index contributed by atoms with van der Waals surface area (Å²) in [5.74, 6) is 0.756. The van der Waals surface area contributed by atoms with E-state index in [0.717, 1.165) is 23.1 Å². The van der Waals surface area contributed by atoms with E-state index in [1.807, 2.05) is 18.2 Å². The molecule has 1 heterocycles. The van der Waals surface area contributed by atoms with Gasteiger partial charge in [-0.15, -0.1) is 0 Å². The number of hydrogen-bond acceptors (Lipinski definition) is 4. The molecule has 0 aliphatic heterocycles. The molecule has 4 nitrogen and oxygen atoms in total. The lowest BCUT2D eigenvalue weighted by molar-refractivity contribution is 0.320. The Morgan fingerprint density at radius 2 is 2.12 bits per heavy atom. The van der Waals surface area contributed by atoms with Crippen LogP contribution in [0.4, 0.5) is 11.4 Å². The van der Waals surface area contributed by atoms with Crippen molar-refractivity contribution in [1.29, 1.82) is 0 Å². The summed E-state index contributed by atoms with van der Waals surface area (Å²) in [6.45, 7) is 2.73. The molecule has 0 bridgehead atoms.